The third-order valence-corrected chi connectivity index (χ3v) is 3.53. The molecule has 2 aromatic heterocycles. The summed E-state index contributed by atoms with van der Waals surface area (Å²) >= 11 is 0. The second kappa shape index (κ2) is 5.61. The third kappa shape index (κ3) is 3.22. The Kier molecular flexibility index (Phi) is 3.78. The number of furan rings is 1. The van der Waals surface area contributed by atoms with Crippen LogP contribution < -0.4 is 5.32 Å². The number of amides is 1. The van der Waals surface area contributed by atoms with E-state index in [1.165, 1.54) is 0 Å². The molecule has 22 heavy (non-hydrogen) atoms. The van der Waals surface area contributed by atoms with Crippen LogP contribution in [0.2, 0.25) is 0 Å². The molecule has 118 valence electrons. The molecule has 2 N–H and O–H groups in total. The number of H-pyrrole nitrogens is 1. The van der Waals surface area contributed by atoms with Crippen LogP contribution in [0.5, 0.6) is 0 Å². The van der Waals surface area contributed by atoms with Gasteiger partial charge in [0.1, 0.15) is 0 Å². The zero-order valence-corrected chi connectivity index (χ0v) is 13.2. The van der Waals surface area contributed by atoms with E-state index in [2.05, 4.69) is 36.3 Å². The number of hydrogen-bond acceptors (Lipinski definition) is 4. The highest BCUT2D eigenvalue weighted by molar-refractivity contribution is 6.03. The Bertz CT molecular complexity index is 679. The van der Waals surface area contributed by atoms with E-state index >= 15 is 0 Å². The molecule has 0 fully saturated rings. The highest BCUT2D eigenvalue weighted by atomic mass is 16.5. The van der Waals surface area contributed by atoms with Crippen LogP contribution in [0.15, 0.2) is 16.7 Å². The summed E-state index contributed by atoms with van der Waals surface area (Å²) in [6, 6.07) is 1.86. The van der Waals surface area contributed by atoms with Crippen molar-refractivity contribution in [3.05, 3.63) is 34.9 Å². The number of ether oxygens (including phenoxy) is 1. The lowest BCUT2D eigenvalue weighted by molar-refractivity contribution is 0.0988. The van der Waals surface area contributed by atoms with Crippen LogP contribution >= 0.6 is 0 Å². The Morgan fingerprint density at radius 3 is 3.05 bits per heavy atom. The van der Waals surface area contributed by atoms with Gasteiger partial charge in [-0.25, -0.2) is 0 Å². The summed E-state index contributed by atoms with van der Waals surface area (Å²) in [4.78, 5) is 12.3. The molecule has 2 aromatic rings. The normalized spacial score (nSPS) is 14.7. The molecule has 3 heterocycles. The Morgan fingerprint density at radius 2 is 2.27 bits per heavy atom. The number of aromatic amines is 1. The van der Waals surface area contributed by atoms with Crippen molar-refractivity contribution in [2.75, 3.05) is 11.9 Å². The van der Waals surface area contributed by atoms with Gasteiger partial charge >= 0.3 is 0 Å². The van der Waals surface area contributed by atoms with Crippen molar-refractivity contribution in [2.45, 2.75) is 40.2 Å². The summed E-state index contributed by atoms with van der Waals surface area (Å²) < 4.78 is 10.8. The van der Waals surface area contributed by atoms with E-state index in [-0.39, 0.29) is 11.3 Å². The summed E-state index contributed by atoms with van der Waals surface area (Å²) in [7, 11) is 0. The molecular weight excluding hydrogens is 282 g/mol. The van der Waals surface area contributed by atoms with Crippen molar-refractivity contribution in [3.8, 4) is 0 Å². The van der Waals surface area contributed by atoms with E-state index in [1.807, 2.05) is 6.07 Å². The highest BCUT2D eigenvalue weighted by Crippen LogP contribution is 2.24. The standard InChI is InChI=1S/C16H21N3O3/c1-16(2,3)7-11-6-13(19-18-11)17-15(20)14-12-4-5-21-8-10(12)9-22-14/h6,9H,4-5,7-8H2,1-3H3,(H2,17,18,19,20). The van der Waals surface area contributed by atoms with Crippen molar-refractivity contribution in [3.63, 3.8) is 0 Å². The smallest absolute Gasteiger partial charge is 0.292 e. The fourth-order valence-corrected chi connectivity index (χ4v) is 2.62. The van der Waals surface area contributed by atoms with Gasteiger partial charge < -0.3 is 14.5 Å². The molecule has 6 heteroatoms. The van der Waals surface area contributed by atoms with E-state index in [1.54, 1.807) is 6.26 Å². The van der Waals surface area contributed by atoms with Crippen LogP contribution in [-0.4, -0.2) is 22.7 Å². The molecule has 1 aliphatic heterocycles. The molecule has 0 unspecified atom stereocenters. The quantitative estimate of drug-likeness (QED) is 0.913. The van der Waals surface area contributed by atoms with Crippen molar-refractivity contribution >= 4 is 11.7 Å². The summed E-state index contributed by atoms with van der Waals surface area (Å²) in [5.41, 5.74) is 3.05. The van der Waals surface area contributed by atoms with Gasteiger partial charge in [0.25, 0.3) is 5.91 Å². The molecule has 3 rings (SSSR count). The molecule has 0 saturated heterocycles. The van der Waals surface area contributed by atoms with Crippen LogP contribution in [0.4, 0.5) is 5.82 Å². The number of carbonyl (C=O) groups excluding carboxylic acids is 1. The Hall–Kier alpha value is -2.08. The zero-order chi connectivity index (χ0) is 15.7. The fraction of sp³-hybridized carbons (Fsp3) is 0.500. The highest BCUT2D eigenvalue weighted by Gasteiger charge is 2.23. The predicted molar refractivity (Wildman–Crippen MR) is 81.8 cm³/mol. The summed E-state index contributed by atoms with van der Waals surface area (Å²) in [6.45, 7) is 7.59. The Labute approximate surface area is 129 Å². The first-order valence-electron chi connectivity index (χ1n) is 7.45. The second-order valence-corrected chi connectivity index (χ2v) is 6.84. The minimum absolute atomic E-state index is 0.161. The SMILES string of the molecule is CC(C)(C)Cc1cc(NC(=O)c2occ3c2CCOC3)n[nH]1. The van der Waals surface area contributed by atoms with Gasteiger partial charge in [-0.1, -0.05) is 20.8 Å². The molecule has 0 radical (unpaired) electrons. The van der Waals surface area contributed by atoms with Crippen molar-refractivity contribution in [1.29, 1.82) is 0 Å². The molecule has 0 atom stereocenters. The van der Waals surface area contributed by atoms with Crippen molar-refractivity contribution < 1.29 is 13.9 Å². The lowest BCUT2D eigenvalue weighted by Crippen LogP contribution is -2.16. The first-order valence-corrected chi connectivity index (χ1v) is 7.45. The molecule has 1 aliphatic rings. The monoisotopic (exact) mass is 303 g/mol. The largest absolute Gasteiger partial charge is 0.458 e. The maximum absolute atomic E-state index is 12.3. The lowest BCUT2D eigenvalue weighted by atomic mass is 9.91. The molecule has 0 aromatic carbocycles. The van der Waals surface area contributed by atoms with Gasteiger partial charge in [-0.05, 0) is 11.8 Å². The second-order valence-electron chi connectivity index (χ2n) is 6.84. The van der Waals surface area contributed by atoms with E-state index in [9.17, 15) is 4.79 Å². The number of fused-ring (bicyclic) bond motifs is 1. The van der Waals surface area contributed by atoms with E-state index in [0.717, 1.165) is 23.2 Å². The van der Waals surface area contributed by atoms with Gasteiger partial charge in [-0.15, -0.1) is 0 Å². The minimum Gasteiger partial charge on any atom is -0.458 e. The van der Waals surface area contributed by atoms with Crippen LogP contribution in [-0.2, 0) is 24.2 Å². The lowest BCUT2D eigenvalue weighted by Gasteiger charge is -2.15. The van der Waals surface area contributed by atoms with Crippen LogP contribution in [0.25, 0.3) is 0 Å². The Balaban J connectivity index is 1.71. The maximum Gasteiger partial charge on any atom is 0.292 e. The maximum atomic E-state index is 12.3. The molecular formula is C16H21N3O3. The average Bonchev–Trinajstić information content (AvgIpc) is 3.03. The van der Waals surface area contributed by atoms with Crippen molar-refractivity contribution in [1.82, 2.24) is 10.2 Å². The van der Waals surface area contributed by atoms with E-state index in [4.69, 9.17) is 9.15 Å². The molecule has 0 bridgehead atoms. The number of nitrogens with zero attached hydrogens (tertiary/aromatic N) is 1. The fourth-order valence-electron chi connectivity index (χ4n) is 2.62. The number of nitrogens with one attached hydrogen (secondary N) is 2. The molecule has 0 saturated carbocycles. The van der Waals surface area contributed by atoms with Crippen LogP contribution in [0.1, 0.15) is 48.1 Å². The van der Waals surface area contributed by atoms with Gasteiger partial charge in [0, 0.05) is 29.3 Å². The number of hydrogen-bond donors (Lipinski definition) is 2. The summed E-state index contributed by atoms with van der Waals surface area (Å²) in [5, 5.41) is 9.88. The number of aromatic nitrogens is 2. The first-order chi connectivity index (χ1) is 10.4. The van der Waals surface area contributed by atoms with Crippen molar-refractivity contribution in [2.24, 2.45) is 5.41 Å². The third-order valence-electron chi connectivity index (χ3n) is 3.53. The molecule has 1 amide bonds. The first kappa shape index (κ1) is 14.8. The van der Waals surface area contributed by atoms with Gasteiger partial charge in [-0.2, -0.15) is 5.10 Å². The number of carbonyl (C=O) groups is 1. The summed E-state index contributed by atoms with van der Waals surface area (Å²) in [6.07, 6.45) is 3.16. The molecule has 0 aliphatic carbocycles. The van der Waals surface area contributed by atoms with Gasteiger partial charge in [0.05, 0.1) is 19.5 Å². The average molecular weight is 303 g/mol. The number of anilines is 1. The van der Waals surface area contributed by atoms with Gasteiger partial charge in [-0.3, -0.25) is 9.89 Å². The predicted octanol–water partition coefficient (Wildman–Crippen LogP) is 2.92. The minimum atomic E-state index is -0.267. The van der Waals surface area contributed by atoms with E-state index in [0.29, 0.717) is 31.2 Å². The van der Waals surface area contributed by atoms with Crippen LogP contribution in [0.3, 0.4) is 0 Å². The zero-order valence-electron chi connectivity index (χ0n) is 13.2. The van der Waals surface area contributed by atoms with E-state index < -0.39 is 0 Å². The summed E-state index contributed by atoms with van der Waals surface area (Å²) in [5.74, 6) is 0.608. The molecule has 6 nitrogen and oxygen atoms in total. The Morgan fingerprint density at radius 1 is 1.45 bits per heavy atom. The number of rotatable bonds is 3. The van der Waals surface area contributed by atoms with Crippen LogP contribution in [0, 0.1) is 5.41 Å². The van der Waals surface area contributed by atoms with Gasteiger partial charge in [0.15, 0.2) is 11.6 Å². The van der Waals surface area contributed by atoms with Gasteiger partial charge in [0.2, 0.25) is 0 Å². The topological polar surface area (TPSA) is 80.2 Å². The molecule has 0 spiro atoms.